The second-order valence-corrected chi connectivity index (χ2v) is 5.26. The lowest BCUT2D eigenvalue weighted by molar-refractivity contribution is 0.0682. The number of para-hydroxylation sites is 1. The minimum absolute atomic E-state index is 0.558. The van der Waals surface area contributed by atoms with E-state index in [4.69, 9.17) is 9.73 Å². The first-order valence-corrected chi connectivity index (χ1v) is 7.22. The molecule has 3 heterocycles. The molecule has 1 saturated heterocycles. The van der Waals surface area contributed by atoms with Gasteiger partial charge in [-0.25, -0.2) is 0 Å². The number of aromatic nitrogens is 3. The molecule has 21 heavy (non-hydrogen) atoms. The number of aryl methyl sites for hydroxylation is 1. The number of ether oxygens (including phenoxy) is 1. The van der Waals surface area contributed by atoms with Crippen LogP contribution in [-0.4, -0.2) is 51.8 Å². The Labute approximate surface area is 123 Å². The topological polar surface area (TPSA) is 55.5 Å². The Bertz CT molecular complexity index is 700. The molecule has 2 aromatic rings. The van der Waals surface area contributed by atoms with Crippen molar-refractivity contribution in [3.05, 3.63) is 41.5 Å². The lowest BCUT2D eigenvalue weighted by atomic mass is 10.1. The third kappa shape index (κ3) is 2.03. The number of aliphatic imine (C=N–C) groups is 1. The summed E-state index contributed by atoms with van der Waals surface area (Å²) >= 11 is 0. The summed E-state index contributed by atoms with van der Waals surface area (Å²) in [5.74, 6) is 2.83. The van der Waals surface area contributed by atoms with Crippen molar-refractivity contribution in [2.24, 2.45) is 4.99 Å². The fourth-order valence-electron chi connectivity index (χ4n) is 2.96. The first-order chi connectivity index (χ1) is 10.3. The van der Waals surface area contributed by atoms with Gasteiger partial charge in [-0.3, -0.25) is 9.56 Å². The molecule has 0 spiro atoms. The van der Waals surface area contributed by atoms with E-state index in [1.807, 2.05) is 13.0 Å². The maximum Gasteiger partial charge on any atom is 0.159 e. The van der Waals surface area contributed by atoms with E-state index in [0.717, 1.165) is 55.0 Å². The number of nitrogens with zero attached hydrogens (tertiary/aromatic N) is 5. The predicted molar refractivity (Wildman–Crippen MR) is 78.7 cm³/mol. The van der Waals surface area contributed by atoms with Crippen LogP contribution in [0.1, 0.15) is 17.2 Å². The van der Waals surface area contributed by atoms with Crippen molar-refractivity contribution in [2.75, 3.05) is 26.3 Å². The maximum absolute atomic E-state index is 5.45. The maximum atomic E-state index is 5.45. The molecule has 0 amide bonds. The highest BCUT2D eigenvalue weighted by Crippen LogP contribution is 2.24. The molecular formula is C15H17N5O. The number of amidine groups is 1. The third-order valence-corrected chi connectivity index (χ3v) is 3.96. The van der Waals surface area contributed by atoms with Crippen molar-refractivity contribution in [1.82, 2.24) is 19.7 Å². The Balaban J connectivity index is 1.86. The lowest BCUT2D eigenvalue weighted by Crippen LogP contribution is -2.41. The summed E-state index contributed by atoms with van der Waals surface area (Å²) in [5.41, 5.74) is 2.25. The van der Waals surface area contributed by atoms with Gasteiger partial charge in [-0.05, 0) is 19.1 Å². The number of fused-ring (bicyclic) bond motifs is 3. The monoisotopic (exact) mass is 283 g/mol. The molecule has 2 aliphatic heterocycles. The van der Waals surface area contributed by atoms with E-state index in [0.29, 0.717) is 6.54 Å². The van der Waals surface area contributed by atoms with Crippen molar-refractivity contribution in [3.63, 3.8) is 0 Å². The Kier molecular flexibility index (Phi) is 2.96. The van der Waals surface area contributed by atoms with Crippen molar-refractivity contribution in [2.45, 2.75) is 13.5 Å². The molecule has 0 saturated carbocycles. The molecule has 108 valence electrons. The molecule has 6 nitrogen and oxygen atoms in total. The predicted octanol–water partition coefficient (Wildman–Crippen LogP) is 1.17. The SMILES string of the molecule is Cc1nnc2n1-c1ccccc1C(N1CCOCC1)=NC2. The van der Waals surface area contributed by atoms with Crippen LogP contribution in [0.15, 0.2) is 29.3 Å². The van der Waals surface area contributed by atoms with Gasteiger partial charge in [0.15, 0.2) is 5.82 Å². The Hall–Kier alpha value is -2.21. The smallest absolute Gasteiger partial charge is 0.159 e. The minimum atomic E-state index is 0.558. The number of rotatable bonds is 0. The molecule has 0 bridgehead atoms. The summed E-state index contributed by atoms with van der Waals surface area (Å²) in [6.07, 6.45) is 0. The van der Waals surface area contributed by atoms with Gasteiger partial charge in [-0.15, -0.1) is 10.2 Å². The standard InChI is InChI=1S/C15H17N5O/c1-11-17-18-14-10-16-15(19-6-8-21-9-7-19)12-4-2-3-5-13(12)20(11)14/h2-5H,6-10H2,1H3. The van der Waals surface area contributed by atoms with Crippen LogP contribution in [0.2, 0.25) is 0 Å². The van der Waals surface area contributed by atoms with Crippen LogP contribution in [0.3, 0.4) is 0 Å². The van der Waals surface area contributed by atoms with Crippen LogP contribution in [0.5, 0.6) is 0 Å². The van der Waals surface area contributed by atoms with Crippen LogP contribution in [0.25, 0.3) is 5.69 Å². The van der Waals surface area contributed by atoms with Gasteiger partial charge >= 0.3 is 0 Å². The van der Waals surface area contributed by atoms with E-state index in [2.05, 4.69) is 37.9 Å². The fraction of sp³-hybridized carbons (Fsp3) is 0.400. The first kappa shape index (κ1) is 12.5. The van der Waals surface area contributed by atoms with Gasteiger partial charge in [0.1, 0.15) is 18.2 Å². The fourth-order valence-corrected chi connectivity index (χ4v) is 2.96. The highest BCUT2D eigenvalue weighted by atomic mass is 16.5. The number of benzene rings is 1. The number of hydrogen-bond acceptors (Lipinski definition) is 5. The van der Waals surface area contributed by atoms with Gasteiger partial charge < -0.3 is 9.64 Å². The van der Waals surface area contributed by atoms with E-state index in [9.17, 15) is 0 Å². The van der Waals surface area contributed by atoms with Crippen LogP contribution < -0.4 is 0 Å². The van der Waals surface area contributed by atoms with Gasteiger partial charge in [0, 0.05) is 18.7 Å². The highest BCUT2D eigenvalue weighted by Gasteiger charge is 2.24. The quantitative estimate of drug-likeness (QED) is 0.728. The van der Waals surface area contributed by atoms with Crippen molar-refractivity contribution >= 4 is 5.84 Å². The second kappa shape index (κ2) is 4.96. The zero-order valence-electron chi connectivity index (χ0n) is 12.0. The Morgan fingerprint density at radius 1 is 1.10 bits per heavy atom. The lowest BCUT2D eigenvalue weighted by Gasteiger charge is -2.30. The van der Waals surface area contributed by atoms with E-state index in [1.54, 1.807) is 0 Å². The molecule has 1 aromatic heterocycles. The van der Waals surface area contributed by atoms with Gasteiger partial charge in [0.05, 0.1) is 18.9 Å². The highest BCUT2D eigenvalue weighted by molar-refractivity contribution is 6.02. The van der Waals surface area contributed by atoms with Crippen molar-refractivity contribution in [1.29, 1.82) is 0 Å². The molecule has 0 aliphatic carbocycles. The van der Waals surface area contributed by atoms with E-state index in [1.165, 1.54) is 0 Å². The largest absolute Gasteiger partial charge is 0.378 e. The van der Waals surface area contributed by atoms with Crippen molar-refractivity contribution < 1.29 is 4.74 Å². The molecule has 0 radical (unpaired) electrons. The van der Waals surface area contributed by atoms with Crippen LogP contribution in [-0.2, 0) is 11.3 Å². The minimum Gasteiger partial charge on any atom is -0.378 e. The van der Waals surface area contributed by atoms with Gasteiger partial charge in [0.25, 0.3) is 0 Å². The summed E-state index contributed by atoms with van der Waals surface area (Å²) in [4.78, 5) is 7.11. The Morgan fingerprint density at radius 3 is 2.76 bits per heavy atom. The number of hydrogen-bond donors (Lipinski definition) is 0. The summed E-state index contributed by atoms with van der Waals surface area (Å²) in [5, 5.41) is 8.44. The Morgan fingerprint density at radius 2 is 1.90 bits per heavy atom. The normalized spacial score (nSPS) is 17.8. The average Bonchev–Trinajstić information content (AvgIpc) is 2.81. The average molecular weight is 283 g/mol. The molecule has 0 N–H and O–H groups in total. The summed E-state index contributed by atoms with van der Waals surface area (Å²) < 4.78 is 7.55. The summed E-state index contributed by atoms with van der Waals surface area (Å²) in [6.45, 7) is 5.81. The van der Waals surface area contributed by atoms with E-state index in [-0.39, 0.29) is 0 Å². The molecule has 1 aromatic carbocycles. The van der Waals surface area contributed by atoms with Crippen molar-refractivity contribution in [3.8, 4) is 5.69 Å². The van der Waals surface area contributed by atoms with Gasteiger partial charge in [0.2, 0.25) is 0 Å². The molecule has 2 aliphatic rings. The second-order valence-electron chi connectivity index (χ2n) is 5.26. The van der Waals surface area contributed by atoms with E-state index < -0.39 is 0 Å². The van der Waals surface area contributed by atoms with Crippen LogP contribution >= 0.6 is 0 Å². The molecule has 0 unspecified atom stereocenters. The van der Waals surface area contributed by atoms with Gasteiger partial charge in [-0.1, -0.05) is 12.1 Å². The van der Waals surface area contributed by atoms with Crippen LogP contribution in [0.4, 0.5) is 0 Å². The van der Waals surface area contributed by atoms with Gasteiger partial charge in [-0.2, -0.15) is 0 Å². The molecule has 4 rings (SSSR count). The number of morpholine rings is 1. The third-order valence-electron chi connectivity index (χ3n) is 3.96. The molecule has 0 atom stereocenters. The zero-order valence-corrected chi connectivity index (χ0v) is 12.0. The molecular weight excluding hydrogens is 266 g/mol. The molecule has 1 fully saturated rings. The molecule has 6 heteroatoms. The van der Waals surface area contributed by atoms with E-state index >= 15 is 0 Å². The summed E-state index contributed by atoms with van der Waals surface area (Å²) in [7, 11) is 0. The zero-order chi connectivity index (χ0) is 14.2. The first-order valence-electron chi connectivity index (χ1n) is 7.22. The van der Waals surface area contributed by atoms with Crippen LogP contribution in [0, 0.1) is 6.92 Å². The summed E-state index contributed by atoms with van der Waals surface area (Å²) in [6, 6.07) is 8.33.